The van der Waals surface area contributed by atoms with E-state index >= 15 is 0 Å². The lowest BCUT2D eigenvalue weighted by molar-refractivity contribution is -0.192. The summed E-state index contributed by atoms with van der Waals surface area (Å²) in [7, 11) is -3.26. The van der Waals surface area contributed by atoms with Crippen LogP contribution in [0.3, 0.4) is 0 Å². The van der Waals surface area contributed by atoms with Gasteiger partial charge < -0.3 is 19.4 Å². The third-order valence-corrected chi connectivity index (χ3v) is 16.9. The number of rotatable bonds is 16. The first-order valence-corrected chi connectivity index (χ1v) is 21.7. The van der Waals surface area contributed by atoms with Crippen molar-refractivity contribution in [3.05, 3.63) is 132 Å². The maximum Gasteiger partial charge on any atom is 0.303 e. The van der Waals surface area contributed by atoms with E-state index in [1.807, 2.05) is 47.7 Å². The van der Waals surface area contributed by atoms with Gasteiger partial charge in [-0.1, -0.05) is 129 Å². The smallest absolute Gasteiger partial charge is 0.303 e. The van der Waals surface area contributed by atoms with Crippen molar-refractivity contribution in [3.8, 4) is 0 Å². The van der Waals surface area contributed by atoms with Gasteiger partial charge in [0.25, 0.3) is 8.32 Å². The molecule has 0 radical (unpaired) electrons. The number of aliphatic carboxylic acids is 1. The second-order valence-electron chi connectivity index (χ2n) is 15.2. The van der Waals surface area contributed by atoms with Crippen LogP contribution in [0.1, 0.15) is 82.4 Å². The molecule has 2 N–H and O–H groups in total. The molecule has 0 bridgehead atoms. The van der Waals surface area contributed by atoms with Crippen LogP contribution in [-0.4, -0.2) is 43.2 Å². The van der Waals surface area contributed by atoms with Gasteiger partial charge in [0.2, 0.25) is 0 Å². The summed E-state index contributed by atoms with van der Waals surface area (Å²) in [6.07, 6.45) is 16.0. The maximum absolute atomic E-state index is 13.1. The van der Waals surface area contributed by atoms with Gasteiger partial charge in [-0.2, -0.15) is 0 Å². The molecule has 0 spiro atoms. The number of unbranched alkanes of at least 4 members (excludes halogenated alkanes) is 1. The monoisotopic (exact) mass is 734 g/mol. The summed E-state index contributed by atoms with van der Waals surface area (Å²) in [5.41, 5.74) is 1.19. The van der Waals surface area contributed by atoms with E-state index in [4.69, 9.17) is 14.6 Å². The fraction of sp³-hybridized carbons (Fsp3) is 0.400. The van der Waals surface area contributed by atoms with Gasteiger partial charge in [0.1, 0.15) is 0 Å². The lowest BCUT2D eigenvalue weighted by Gasteiger charge is -2.42. The first-order valence-electron chi connectivity index (χ1n) is 19.0. The number of allylic oxidation sites excluding steroid dienone is 3. The van der Waals surface area contributed by atoms with Crippen LogP contribution in [0, 0.1) is 11.8 Å². The summed E-state index contributed by atoms with van der Waals surface area (Å²) in [5, 5.41) is 11.9. The highest BCUT2D eigenvalue weighted by Crippen LogP contribution is 2.48. The van der Waals surface area contributed by atoms with Crippen LogP contribution in [0.4, 0.5) is 0 Å². The molecule has 2 heterocycles. The fourth-order valence-corrected chi connectivity index (χ4v) is 13.2. The second kappa shape index (κ2) is 17.5. The molecule has 2 aliphatic rings. The van der Waals surface area contributed by atoms with Gasteiger partial charge in [0.05, 0.1) is 6.10 Å². The molecule has 52 heavy (non-hydrogen) atoms. The molecule has 1 unspecified atom stereocenters. The molecule has 1 saturated heterocycles. The highest BCUT2D eigenvalue weighted by Gasteiger charge is 2.51. The molecule has 5 nitrogen and oxygen atoms in total. The minimum absolute atomic E-state index is 0.0340. The number of benzene rings is 3. The Labute approximate surface area is 314 Å². The first-order chi connectivity index (χ1) is 25.2. The highest BCUT2D eigenvalue weighted by molar-refractivity contribution is 7.19. The fourth-order valence-electron chi connectivity index (χ4n) is 8.26. The van der Waals surface area contributed by atoms with Crippen LogP contribution >= 0.6 is 11.3 Å². The van der Waals surface area contributed by atoms with Crippen LogP contribution < -0.4 is 10.4 Å². The van der Waals surface area contributed by atoms with Gasteiger partial charge in [-0.3, -0.25) is 4.79 Å². The topological polar surface area (TPSA) is 76.0 Å². The molecule has 0 amide bonds. The van der Waals surface area contributed by atoms with Gasteiger partial charge in [-0.05, 0) is 90.2 Å². The van der Waals surface area contributed by atoms with Crippen molar-refractivity contribution < 1.29 is 24.2 Å². The SMILES string of the molecule is C=C1C[C@@H](OC2CCCCO2)[C@H](/C=C/[C@@H](CC(C)(C)[Si](O)(c2ccccc2)c2ccccc2)c2cc3ccccc3s2)[C@H]1C/C=C\CCCC(=O)O. The molecule has 1 aliphatic heterocycles. The first kappa shape index (κ1) is 38.1. The zero-order chi connectivity index (χ0) is 36.6. The number of hydrogen-bond donors (Lipinski definition) is 2. The third-order valence-electron chi connectivity index (χ3n) is 11.1. The van der Waals surface area contributed by atoms with E-state index in [1.54, 1.807) is 0 Å². The maximum atomic E-state index is 13.1. The van der Waals surface area contributed by atoms with Gasteiger partial charge in [0, 0.05) is 34.4 Å². The van der Waals surface area contributed by atoms with Crippen LogP contribution in [0.5, 0.6) is 0 Å². The minimum atomic E-state index is -3.26. The van der Waals surface area contributed by atoms with Crippen LogP contribution in [-0.2, 0) is 14.3 Å². The molecule has 2 fully saturated rings. The summed E-state index contributed by atoms with van der Waals surface area (Å²) in [6.45, 7) is 9.80. The van der Waals surface area contributed by atoms with Gasteiger partial charge in [0.15, 0.2) is 6.29 Å². The van der Waals surface area contributed by atoms with Crippen molar-refractivity contribution in [2.45, 2.75) is 95.0 Å². The molecule has 6 rings (SSSR count). The highest BCUT2D eigenvalue weighted by atomic mass is 32.1. The predicted molar refractivity (Wildman–Crippen MR) is 217 cm³/mol. The summed E-state index contributed by atoms with van der Waals surface area (Å²) in [5.74, 6) is -0.373. The molecule has 5 atom stereocenters. The number of carboxylic acids is 1. The lowest BCUT2D eigenvalue weighted by atomic mass is 9.87. The minimum Gasteiger partial charge on any atom is -0.481 e. The molecule has 3 aromatic carbocycles. The molecule has 4 aromatic rings. The zero-order valence-electron chi connectivity index (χ0n) is 30.7. The Morgan fingerprint density at radius 3 is 2.37 bits per heavy atom. The summed E-state index contributed by atoms with van der Waals surface area (Å²) < 4.78 is 14.1. The van der Waals surface area contributed by atoms with Crippen molar-refractivity contribution in [2.24, 2.45) is 11.8 Å². The second-order valence-corrected chi connectivity index (χ2v) is 20.3. The number of carboxylic acid groups (broad SMARTS) is 1. The average Bonchev–Trinajstić information content (AvgIpc) is 3.72. The summed E-state index contributed by atoms with van der Waals surface area (Å²) in [4.78, 5) is 25.4. The molecule has 274 valence electrons. The molecular weight excluding hydrogens is 681 g/mol. The number of hydrogen-bond acceptors (Lipinski definition) is 5. The Morgan fingerprint density at radius 1 is 1.02 bits per heavy atom. The molecule has 1 saturated carbocycles. The number of fused-ring (bicyclic) bond motifs is 1. The number of thiophene rings is 1. The Hall–Kier alpha value is -3.59. The van der Waals surface area contributed by atoms with E-state index in [9.17, 15) is 9.59 Å². The van der Waals surface area contributed by atoms with Gasteiger partial charge in [-0.25, -0.2) is 0 Å². The van der Waals surface area contributed by atoms with Crippen molar-refractivity contribution >= 4 is 46.1 Å². The lowest BCUT2D eigenvalue weighted by Crippen LogP contribution is -2.65. The third kappa shape index (κ3) is 8.95. The predicted octanol–water partition coefficient (Wildman–Crippen LogP) is 9.77. The van der Waals surface area contributed by atoms with Crippen LogP contribution in [0.25, 0.3) is 10.1 Å². The normalized spacial score (nSPS) is 22.1. The van der Waals surface area contributed by atoms with E-state index in [0.29, 0.717) is 6.42 Å². The number of carbonyl (C=O) groups is 1. The van der Waals surface area contributed by atoms with Crippen molar-refractivity contribution in [1.82, 2.24) is 0 Å². The Balaban J connectivity index is 1.35. The van der Waals surface area contributed by atoms with Gasteiger partial charge in [-0.15, -0.1) is 11.3 Å². The number of ether oxygens (including phenoxy) is 2. The quantitative estimate of drug-likeness (QED) is 0.0681. The summed E-state index contributed by atoms with van der Waals surface area (Å²) in [6, 6.07) is 31.5. The zero-order valence-corrected chi connectivity index (χ0v) is 32.5. The largest absolute Gasteiger partial charge is 0.481 e. The van der Waals surface area contributed by atoms with E-state index in [1.165, 1.54) is 20.5 Å². The summed E-state index contributed by atoms with van der Waals surface area (Å²) >= 11 is 1.85. The molecular formula is C45H54O5SSi. The Kier molecular flexibility index (Phi) is 12.8. The molecule has 7 heteroatoms. The Morgan fingerprint density at radius 2 is 1.71 bits per heavy atom. The van der Waals surface area contributed by atoms with E-state index in [-0.39, 0.29) is 36.6 Å². The molecule has 1 aliphatic carbocycles. The van der Waals surface area contributed by atoms with E-state index in [2.05, 4.69) is 99.3 Å². The van der Waals surface area contributed by atoms with Crippen molar-refractivity contribution in [1.29, 1.82) is 0 Å². The van der Waals surface area contributed by atoms with Crippen LogP contribution in [0.15, 0.2) is 127 Å². The standard InChI is InChI=1S/C45H54O5SSi/c1-33-30-40(50-44-26-16-17-29-49-44)39(38(33)23-12-4-5-13-25-43(46)47)28-27-35(42-31-34-18-14-15-24-41(34)51-42)32-45(2,3)52(48,36-19-8-6-9-20-36)37-21-10-7-11-22-37/h4,6-12,14-15,18-22,24,27-28,31,35,38-40,44,48H,1,5,13,16-17,23,25-26,29-30,32H2,2-3H3,(H,46,47)/b12-4-,28-27+/t35-,38-,39+,40+,44?/m0/s1. The Bertz CT molecular complexity index is 1750. The van der Waals surface area contributed by atoms with Crippen molar-refractivity contribution in [3.63, 3.8) is 0 Å². The van der Waals surface area contributed by atoms with E-state index in [0.717, 1.165) is 61.9 Å². The van der Waals surface area contributed by atoms with Gasteiger partial charge >= 0.3 is 5.97 Å². The molecule has 1 aromatic heterocycles. The van der Waals surface area contributed by atoms with Crippen molar-refractivity contribution in [2.75, 3.05) is 6.61 Å². The average molecular weight is 735 g/mol. The van der Waals surface area contributed by atoms with Crippen LogP contribution in [0.2, 0.25) is 5.04 Å². The van der Waals surface area contributed by atoms with E-state index < -0.39 is 19.3 Å².